The first-order valence-corrected chi connectivity index (χ1v) is 9.17. The van der Waals surface area contributed by atoms with E-state index in [1.54, 1.807) is 0 Å². The maximum absolute atomic E-state index is 12.7. The van der Waals surface area contributed by atoms with Gasteiger partial charge >= 0.3 is 0 Å². The van der Waals surface area contributed by atoms with Crippen LogP contribution in [0.5, 0.6) is 0 Å². The SMILES string of the molecule is CC1CC(n2ccc3c(Cl)ncnc32)OC1C(=O)Nc1cccc(CN)c1. The summed E-state index contributed by atoms with van der Waals surface area (Å²) in [6, 6.07) is 9.36. The van der Waals surface area contributed by atoms with E-state index in [1.165, 1.54) is 6.33 Å². The number of amides is 1. The Balaban J connectivity index is 1.52. The van der Waals surface area contributed by atoms with Crippen LogP contribution in [0.3, 0.4) is 0 Å². The predicted molar refractivity (Wildman–Crippen MR) is 103 cm³/mol. The molecule has 3 N–H and O–H groups in total. The summed E-state index contributed by atoms with van der Waals surface area (Å²) in [6.07, 6.45) is 3.16. The van der Waals surface area contributed by atoms with Gasteiger partial charge in [0.2, 0.25) is 0 Å². The number of anilines is 1. The van der Waals surface area contributed by atoms with E-state index in [9.17, 15) is 4.79 Å². The van der Waals surface area contributed by atoms with Gasteiger partial charge in [0.1, 0.15) is 29.5 Å². The zero-order valence-corrected chi connectivity index (χ0v) is 15.6. The van der Waals surface area contributed by atoms with Gasteiger partial charge in [-0.15, -0.1) is 0 Å². The molecule has 1 amide bonds. The number of fused-ring (bicyclic) bond motifs is 1. The van der Waals surface area contributed by atoms with E-state index in [1.807, 2.05) is 48.0 Å². The predicted octanol–water partition coefficient (Wildman–Crippen LogP) is 3.11. The quantitative estimate of drug-likeness (QED) is 0.673. The van der Waals surface area contributed by atoms with Crippen LogP contribution in [0, 0.1) is 5.92 Å². The molecule has 1 aliphatic rings. The maximum atomic E-state index is 12.7. The van der Waals surface area contributed by atoms with Crippen molar-refractivity contribution in [2.24, 2.45) is 11.7 Å². The summed E-state index contributed by atoms with van der Waals surface area (Å²) in [5, 5.41) is 4.09. The van der Waals surface area contributed by atoms with Crippen LogP contribution in [0.1, 0.15) is 25.1 Å². The van der Waals surface area contributed by atoms with Crippen molar-refractivity contribution in [1.82, 2.24) is 14.5 Å². The monoisotopic (exact) mass is 385 g/mol. The van der Waals surface area contributed by atoms with Crippen molar-refractivity contribution in [2.45, 2.75) is 32.2 Å². The molecule has 2 aromatic heterocycles. The first-order valence-electron chi connectivity index (χ1n) is 8.79. The fourth-order valence-electron chi connectivity index (χ4n) is 3.46. The Morgan fingerprint density at radius 2 is 2.26 bits per heavy atom. The molecular weight excluding hydrogens is 366 g/mol. The van der Waals surface area contributed by atoms with Crippen LogP contribution in [0.15, 0.2) is 42.9 Å². The Bertz CT molecular complexity index is 989. The van der Waals surface area contributed by atoms with Crippen LogP contribution in [-0.4, -0.2) is 26.5 Å². The van der Waals surface area contributed by atoms with Crippen molar-refractivity contribution in [3.05, 3.63) is 53.6 Å². The molecule has 0 radical (unpaired) electrons. The van der Waals surface area contributed by atoms with Crippen molar-refractivity contribution < 1.29 is 9.53 Å². The highest BCUT2D eigenvalue weighted by molar-refractivity contribution is 6.33. The van der Waals surface area contributed by atoms with Gasteiger partial charge in [0.15, 0.2) is 0 Å². The number of rotatable bonds is 4. The molecule has 3 atom stereocenters. The topological polar surface area (TPSA) is 95.1 Å². The molecule has 1 aliphatic heterocycles. The Hall–Kier alpha value is -2.48. The Morgan fingerprint density at radius 1 is 1.41 bits per heavy atom. The van der Waals surface area contributed by atoms with Gasteiger partial charge < -0.3 is 20.4 Å². The highest BCUT2D eigenvalue weighted by Gasteiger charge is 2.38. The smallest absolute Gasteiger partial charge is 0.253 e. The van der Waals surface area contributed by atoms with E-state index in [4.69, 9.17) is 22.1 Å². The van der Waals surface area contributed by atoms with E-state index < -0.39 is 6.10 Å². The van der Waals surface area contributed by atoms with Crippen molar-refractivity contribution in [1.29, 1.82) is 0 Å². The molecule has 1 fully saturated rings. The summed E-state index contributed by atoms with van der Waals surface area (Å²) >= 11 is 6.12. The number of nitrogens with one attached hydrogen (secondary N) is 1. The lowest BCUT2D eigenvalue weighted by molar-refractivity contribution is -0.129. The minimum absolute atomic E-state index is 0.0578. The number of nitrogens with zero attached hydrogens (tertiary/aromatic N) is 3. The highest BCUT2D eigenvalue weighted by atomic mass is 35.5. The fraction of sp³-hybridized carbons (Fsp3) is 0.316. The number of benzene rings is 1. The lowest BCUT2D eigenvalue weighted by Crippen LogP contribution is -2.31. The van der Waals surface area contributed by atoms with E-state index >= 15 is 0 Å². The number of hydrogen-bond acceptors (Lipinski definition) is 5. The molecule has 8 heteroatoms. The molecule has 3 aromatic rings. The Morgan fingerprint density at radius 3 is 3.07 bits per heavy atom. The molecule has 140 valence electrons. The summed E-state index contributed by atoms with van der Waals surface area (Å²) in [5.74, 6) is -0.106. The van der Waals surface area contributed by atoms with E-state index in [0.717, 1.165) is 10.9 Å². The number of aromatic nitrogens is 3. The lowest BCUT2D eigenvalue weighted by atomic mass is 10.0. The highest BCUT2D eigenvalue weighted by Crippen LogP contribution is 2.36. The van der Waals surface area contributed by atoms with Gasteiger partial charge in [0, 0.05) is 18.4 Å². The number of hydrogen-bond donors (Lipinski definition) is 2. The zero-order valence-electron chi connectivity index (χ0n) is 14.8. The molecular formula is C19H20ClN5O2. The molecule has 0 aliphatic carbocycles. The molecule has 7 nitrogen and oxygen atoms in total. The Labute approximate surface area is 161 Å². The third-order valence-electron chi connectivity index (χ3n) is 4.85. The van der Waals surface area contributed by atoms with E-state index in [2.05, 4.69) is 15.3 Å². The second-order valence-electron chi connectivity index (χ2n) is 6.74. The molecule has 1 saturated heterocycles. The van der Waals surface area contributed by atoms with Crippen LogP contribution in [0.25, 0.3) is 11.0 Å². The third-order valence-corrected chi connectivity index (χ3v) is 5.15. The van der Waals surface area contributed by atoms with Crippen LogP contribution >= 0.6 is 11.6 Å². The average molecular weight is 386 g/mol. The summed E-state index contributed by atoms with van der Waals surface area (Å²) in [5.41, 5.74) is 8.04. The number of carbonyl (C=O) groups excluding carboxylic acids is 1. The van der Waals surface area contributed by atoms with Gasteiger partial charge in [-0.1, -0.05) is 30.7 Å². The second kappa shape index (κ2) is 7.26. The minimum Gasteiger partial charge on any atom is -0.345 e. The largest absolute Gasteiger partial charge is 0.345 e. The first-order chi connectivity index (χ1) is 13.1. The zero-order chi connectivity index (χ0) is 19.0. The number of nitrogens with two attached hydrogens (primary N) is 1. The number of ether oxygens (including phenoxy) is 1. The van der Waals surface area contributed by atoms with E-state index in [0.29, 0.717) is 29.5 Å². The number of halogens is 1. The van der Waals surface area contributed by atoms with Gasteiger partial charge in [0.25, 0.3) is 5.91 Å². The molecule has 3 heterocycles. The van der Waals surface area contributed by atoms with Crippen LogP contribution in [0.4, 0.5) is 5.69 Å². The summed E-state index contributed by atoms with van der Waals surface area (Å²) in [6.45, 7) is 2.43. The van der Waals surface area contributed by atoms with Crippen molar-refractivity contribution >= 4 is 34.2 Å². The van der Waals surface area contributed by atoms with Gasteiger partial charge in [0.05, 0.1) is 5.39 Å². The average Bonchev–Trinajstić information content (AvgIpc) is 3.26. The molecule has 1 aromatic carbocycles. The normalized spacial score (nSPS) is 22.3. The van der Waals surface area contributed by atoms with Crippen molar-refractivity contribution in [2.75, 3.05) is 5.32 Å². The molecule has 0 spiro atoms. The van der Waals surface area contributed by atoms with E-state index in [-0.39, 0.29) is 18.1 Å². The summed E-state index contributed by atoms with van der Waals surface area (Å²) in [7, 11) is 0. The molecule has 4 rings (SSSR count). The lowest BCUT2D eigenvalue weighted by Gasteiger charge is -2.17. The standard InChI is InChI=1S/C19H20ClN5O2/c1-11-7-15(25-6-5-14-17(20)22-10-23-18(14)25)27-16(11)19(26)24-13-4-2-3-12(8-13)9-21/h2-6,8,10-11,15-16H,7,9,21H2,1H3,(H,24,26). The van der Waals surface area contributed by atoms with Crippen LogP contribution < -0.4 is 11.1 Å². The van der Waals surface area contributed by atoms with Crippen LogP contribution in [-0.2, 0) is 16.1 Å². The Kier molecular flexibility index (Phi) is 4.82. The second-order valence-corrected chi connectivity index (χ2v) is 7.10. The maximum Gasteiger partial charge on any atom is 0.253 e. The van der Waals surface area contributed by atoms with Gasteiger partial charge in [-0.3, -0.25) is 4.79 Å². The van der Waals surface area contributed by atoms with Crippen molar-refractivity contribution in [3.63, 3.8) is 0 Å². The number of carbonyl (C=O) groups is 1. The van der Waals surface area contributed by atoms with Gasteiger partial charge in [-0.25, -0.2) is 9.97 Å². The van der Waals surface area contributed by atoms with Crippen molar-refractivity contribution in [3.8, 4) is 0 Å². The minimum atomic E-state index is -0.550. The van der Waals surface area contributed by atoms with Crippen LogP contribution in [0.2, 0.25) is 5.15 Å². The van der Waals surface area contributed by atoms with Gasteiger partial charge in [-0.05, 0) is 36.1 Å². The first kappa shape index (κ1) is 17.9. The summed E-state index contributed by atoms with van der Waals surface area (Å²) in [4.78, 5) is 21.0. The molecule has 0 saturated carbocycles. The molecule has 0 bridgehead atoms. The third kappa shape index (κ3) is 3.41. The van der Waals surface area contributed by atoms with Gasteiger partial charge in [-0.2, -0.15) is 0 Å². The fourth-order valence-corrected chi connectivity index (χ4v) is 3.65. The molecule has 3 unspecified atom stereocenters. The molecule has 27 heavy (non-hydrogen) atoms. The summed E-state index contributed by atoms with van der Waals surface area (Å²) < 4.78 is 7.98.